The summed E-state index contributed by atoms with van der Waals surface area (Å²) in [6, 6.07) is 7.22. The predicted octanol–water partition coefficient (Wildman–Crippen LogP) is 2.99. The fourth-order valence-corrected chi connectivity index (χ4v) is 2.50. The average molecular weight is 300 g/mol. The quantitative estimate of drug-likeness (QED) is 0.849. The van der Waals surface area contributed by atoms with Gasteiger partial charge in [-0.15, -0.1) is 0 Å². The minimum Gasteiger partial charge on any atom is -0.496 e. The molecule has 4 heteroatoms. The molecule has 0 unspecified atom stereocenters. The molecule has 94 valence electrons. The van der Waals surface area contributed by atoms with Crippen molar-refractivity contribution in [3.8, 4) is 5.75 Å². The van der Waals surface area contributed by atoms with Gasteiger partial charge in [0.15, 0.2) is 0 Å². The number of para-hydroxylation sites is 1. The number of rotatable bonds is 5. The Kier molecular flexibility index (Phi) is 5.00. The monoisotopic (exact) mass is 299 g/mol. The molecule has 0 atom stereocenters. The topological polar surface area (TPSA) is 38.3 Å². The Balaban J connectivity index is 2.83. The summed E-state index contributed by atoms with van der Waals surface area (Å²) >= 11 is 3.38. The van der Waals surface area contributed by atoms with Gasteiger partial charge in [0, 0.05) is 10.9 Å². The molecule has 1 rings (SSSR count). The zero-order valence-corrected chi connectivity index (χ0v) is 12.0. The van der Waals surface area contributed by atoms with Crippen LogP contribution in [-0.2, 0) is 0 Å². The van der Waals surface area contributed by atoms with Gasteiger partial charge in [-0.2, -0.15) is 0 Å². The number of methoxy groups -OCH3 is 1. The summed E-state index contributed by atoms with van der Waals surface area (Å²) in [5.74, 6) is 0.494. The van der Waals surface area contributed by atoms with Gasteiger partial charge in [0.05, 0.1) is 12.7 Å². The number of nitrogens with one attached hydrogen (secondary N) is 1. The van der Waals surface area contributed by atoms with Crippen LogP contribution in [-0.4, -0.2) is 23.9 Å². The van der Waals surface area contributed by atoms with E-state index in [1.165, 1.54) is 0 Å². The molecule has 3 nitrogen and oxygen atoms in total. The average Bonchev–Trinajstić information content (AvgIpc) is 2.28. The Morgan fingerprint density at radius 2 is 2.06 bits per heavy atom. The van der Waals surface area contributed by atoms with E-state index in [1.54, 1.807) is 19.2 Å². The summed E-state index contributed by atoms with van der Waals surface area (Å²) < 4.78 is 5.17. The molecule has 1 N–H and O–H groups in total. The molecule has 0 bridgehead atoms. The molecule has 0 aliphatic rings. The minimum absolute atomic E-state index is 0.103. The molecule has 17 heavy (non-hydrogen) atoms. The first-order valence-electron chi connectivity index (χ1n) is 5.51. The van der Waals surface area contributed by atoms with Crippen LogP contribution in [0.25, 0.3) is 0 Å². The van der Waals surface area contributed by atoms with E-state index in [-0.39, 0.29) is 11.4 Å². The van der Waals surface area contributed by atoms with E-state index in [0.29, 0.717) is 11.3 Å². The summed E-state index contributed by atoms with van der Waals surface area (Å²) in [5, 5.41) is 3.85. The van der Waals surface area contributed by atoms with E-state index in [2.05, 4.69) is 21.2 Å². The third kappa shape index (κ3) is 4.04. The third-order valence-corrected chi connectivity index (χ3v) is 2.92. The predicted molar refractivity (Wildman–Crippen MR) is 73.0 cm³/mol. The molecule has 0 aliphatic heterocycles. The Labute approximate surface area is 111 Å². The van der Waals surface area contributed by atoms with Gasteiger partial charge in [-0.3, -0.25) is 4.79 Å². The lowest BCUT2D eigenvalue weighted by atomic mass is 10.0. The molecule has 0 saturated heterocycles. The number of hydrogen-bond donors (Lipinski definition) is 1. The van der Waals surface area contributed by atoms with E-state index in [1.807, 2.05) is 26.0 Å². The fraction of sp³-hybridized carbons (Fsp3) is 0.462. The highest BCUT2D eigenvalue weighted by Gasteiger charge is 2.21. The van der Waals surface area contributed by atoms with Crippen LogP contribution in [0.3, 0.4) is 0 Å². The van der Waals surface area contributed by atoms with Crippen LogP contribution in [0.1, 0.15) is 30.6 Å². The Morgan fingerprint density at radius 3 is 2.65 bits per heavy atom. The molecule has 1 aromatic rings. The SMILES string of the molecule is COc1ccccc1C(=O)NC(C)(C)CCBr. The van der Waals surface area contributed by atoms with Gasteiger partial charge < -0.3 is 10.1 Å². The summed E-state index contributed by atoms with van der Waals surface area (Å²) in [6.45, 7) is 4.00. The molecule has 0 aromatic heterocycles. The molecule has 0 fully saturated rings. The Bertz CT molecular complexity index is 391. The summed E-state index contributed by atoms with van der Waals surface area (Å²) in [5.41, 5.74) is 0.333. The van der Waals surface area contributed by atoms with Crippen LogP contribution < -0.4 is 10.1 Å². The minimum atomic E-state index is -0.235. The first-order valence-corrected chi connectivity index (χ1v) is 6.64. The number of hydrogen-bond acceptors (Lipinski definition) is 2. The number of carbonyl (C=O) groups is 1. The van der Waals surface area contributed by atoms with Crippen molar-refractivity contribution in [3.63, 3.8) is 0 Å². The van der Waals surface area contributed by atoms with Gasteiger partial charge in [-0.1, -0.05) is 28.1 Å². The van der Waals surface area contributed by atoms with Crippen molar-refractivity contribution < 1.29 is 9.53 Å². The highest BCUT2D eigenvalue weighted by molar-refractivity contribution is 9.09. The molecule has 0 radical (unpaired) electrons. The molecule has 0 heterocycles. The van der Waals surface area contributed by atoms with Crippen molar-refractivity contribution in [2.24, 2.45) is 0 Å². The van der Waals surface area contributed by atoms with E-state index in [9.17, 15) is 4.79 Å². The van der Waals surface area contributed by atoms with Crippen molar-refractivity contribution in [2.45, 2.75) is 25.8 Å². The standard InChI is InChI=1S/C13H18BrNO2/c1-13(2,8-9-14)15-12(16)10-6-4-5-7-11(10)17-3/h4-7H,8-9H2,1-3H3,(H,15,16). The van der Waals surface area contributed by atoms with Crippen LogP contribution in [0.4, 0.5) is 0 Å². The first-order chi connectivity index (χ1) is 8.00. The maximum Gasteiger partial charge on any atom is 0.255 e. The lowest BCUT2D eigenvalue weighted by molar-refractivity contribution is 0.0909. The molecular weight excluding hydrogens is 282 g/mol. The third-order valence-electron chi connectivity index (χ3n) is 2.52. The van der Waals surface area contributed by atoms with Crippen molar-refractivity contribution in [1.29, 1.82) is 0 Å². The Hall–Kier alpha value is -1.03. The molecule has 1 amide bonds. The highest BCUT2D eigenvalue weighted by Crippen LogP contribution is 2.19. The normalized spacial score (nSPS) is 11.1. The second-order valence-electron chi connectivity index (χ2n) is 4.48. The highest BCUT2D eigenvalue weighted by atomic mass is 79.9. The van der Waals surface area contributed by atoms with Gasteiger partial charge in [-0.05, 0) is 32.4 Å². The van der Waals surface area contributed by atoms with Gasteiger partial charge in [0.1, 0.15) is 5.75 Å². The number of carbonyl (C=O) groups excluding carboxylic acids is 1. The number of amides is 1. The van der Waals surface area contributed by atoms with Crippen molar-refractivity contribution in [1.82, 2.24) is 5.32 Å². The van der Waals surface area contributed by atoms with Crippen LogP contribution in [0.2, 0.25) is 0 Å². The molecule has 0 aliphatic carbocycles. The van der Waals surface area contributed by atoms with Crippen molar-refractivity contribution >= 4 is 21.8 Å². The van der Waals surface area contributed by atoms with Gasteiger partial charge in [0.25, 0.3) is 5.91 Å². The van der Waals surface area contributed by atoms with Gasteiger partial charge >= 0.3 is 0 Å². The largest absolute Gasteiger partial charge is 0.496 e. The number of benzene rings is 1. The summed E-state index contributed by atoms with van der Waals surface area (Å²) in [6.07, 6.45) is 0.869. The first kappa shape index (κ1) is 14.0. The van der Waals surface area contributed by atoms with E-state index in [4.69, 9.17) is 4.74 Å². The van der Waals surface area contributed by atoms with Crippen LogP contribution >= 0.6 is 15.9 Å². The molecular formula is C13H18BrNO2. The van der Waals surface area contributed by atoms with Crippen LogP contribution in [0, 0.1) is 0 Å². The number of ether oxygens (including phenoxy) is 1. The van der Waals surface area contributed by atoms with E-state index >= 15 is 0 Å². The van der Waals surface area contributed by atoms with Crippen molar-refractivity contribution in [2.75, 3.05) is 12.4 Å². The summed E-state index contributed by atoms with van der Waals surface area (Å²) in [7, 11) is 1.57. The van der Waals surface area contributed by atoms with Gasteiger partial charge in [0.2, 0.25) is 0 Å². The second-order valence-corrected chi connectivity index (χ2v) is 5.27. The zero-order valence-electron chi connectivity index (χ0n) is 10.4. The summed E-state index contributed by atoms with van der Waals surface area (Å²) in [4.78, 5) is 12.1. The van der Waals surface area contributed by atoms with Crippen molar-refractivity contribution in [3.05, 3.63) is 29.8 Å². The maximum atomic E-state index is 12.1. The second kappa shape index (κ2) is 6.05. The van der Waals surface area contributed by atoms with Gasteiger partial charge in [-0.25, -0.2) is 0 Å². The Morgan fingerprint density at radius 1 is 1.41 bits per heavy atom. The molecule has 1 aromatic carbocycles. The zero-order chi connectivity index (χ0) is 12.9. The van der Waals surface area contributed by atoms with E-state index < -0.39 is 0 Å². The number of halogens is 1. The maximum absolute atomic E-state index is 12.1. The van der Waals surface area contributed by atoms with E-state index in [0.717, 1.165) is 11.8 Å². The van der Waals surface area contributed by atoms with Crippen LogP contribution in [0.15, 0.2) is 24.3 Å². The lowest BCUT2D eigenvalue weighted by Crippen LogP contribution is -2.43. The fourth-order valence-electron chi connectivity index (χ4n) is 1.51. The van der Waals surface area contributed by atoms with Crippen LogP contribution in [0.5, 0.6) is 5.75 Å². The molecule has 0 saturated carbocycles. The lowest BCUT2D eigenvalue weighted by Gasteiger charge is -2.25. The number of alkyl halides is 1. The smallest absolute Gasteiger partial charge is 0.255 e. The molecule has 0 spiro atoms.